The molecule has 4 fully saturated rings. The van der Waals surface area contributed by atoms with Crippen LogP contribution in [0, 0.1) is 26.7 Å². The molecule has 0 aliphatic heterocycles. The molecule has 0 aromatic heterocycles. The number of nitrogens with one attached hydrogen (secondary N) is 1. The van der Waals surface area contributed by atoms with Crippen LogP contribution in [0.5, 0.6) is 11.5 Å². The fourth-order valence-corrected chi connectivity index (χ4v) is 7.11. The van der Waals surface area contributed by atoms with Crippen molar-refractivity contribution >= 4 is 34.7 Å². The van der Waals surface area contributed by atoms with Crippen LogP contribution in [-0.4, -0.2) is 19.2 Å². The molecule has 4 aliphatic rings. The van der Waals surface area contributed by atoms with E-state index in [4.69, 9.17) is 9.47 Å². The minimum absolute atomic E-state index is 0.0454. The number of amides is 1. The van der Waals surface area contributed by atoms with Crippen molar-refractivity contribution in [3.63, 3.8) is 0 Å². The molecule has 0 atom stereocenters. The summed E-state index contributed by atoms with van der Waals surface area (Å²) >= 11 is 2.27. The van der Waals surface area contributed by atoms with Gasteiger partial charge in [-0.3, -0.25) is 4.79 Å². The van der Waals surface area contributed by atoms with Crippen LogP contribution in [-0.2, 0) is 11.4 Å². The van der Waals surface area contributed by atoms with E-state index in [2.05, 4.69) is 33.1 Å². The summed E-state index contributed by atoms with van der Waals surface area (Å²) in [6.07, 6.45) is 10.2. The highest BCUT2D eigenvalue weighted by atomic mass is 127. The Kier molecular flexibility index (Phi) is 6.63. The second kappa shape index (κ2) is 9.65. The van der Waals surface area contributed by atoms with E-state index in [1.54, 1.807) is 13.3 Å². The van der Waals surface area contributed by atoms with Crippen molar-refractivity contribution < 1.29 is 14.3 Å². The molecular formula is C27H31IN2O3. The Hall–Kier alpha value is -2.09. The zero-order chi connectivity index (χ0) is 22.8. The lowest BCUT2D eigenvalue weighted by Crippen LogP contribution is -2.47. The van der Waals surface area contributed by atoms with Crippen molar-refractivity contribution in [3.8, 4) is 11.5 Å². The SMILES string of the molecule is COc1ccc(/C=N\NC(=O)CC23CC4CC(CC(C4)C2)C3)cc1COc1ccc(I)cc1. The van der Waals surface area contributed by atoms with Crippen molar-refractivity contribution in [2.45, 2.75) is 51.6 Å². The molecule has 1 amide bonds. The summed E-state index contributed by atoms with van der Waals surface area (Å²) in [4.78, 5) is 12.7. The Morgan fingerprint density at radius 1 is 1.09 bits per heavy atom. The number of ether oxygens (including phenoxy) is 2. The van der Waals surface area contributed by atoms with Crippen LogP contribution in [0.2, 0.25) is 0 Å². The third-order valence-corrected chi connectivity index (χ3v) is 8.34. The van der Waals surface area contributed by atoms with Gasteiger partial charge in [0.2, 0.25) is 5.91 Å². The van der Waals surface area contributed by atoms with Crippen molar-refractivity contribution in [2.75, 3.05) is 7.11 Å². The summed E-state index contributed by atoms with van der Waals surface area (Å²) in [5.74, 6) is 4.19. The molecule has 4 bridgehead atoms. The number of methoxy groups -OCH3 is 1. The molecule has 4 saturated carbocycles. The van der Waals surface area contributed by atoms with Crippen molar-refractivity contribution in [3.05, 3.63) is 57.2 Å². The van der Waals surface area contributed by atoms with Crippen LogP contribution in [0.1, 0.15) is 56.1 Å². The summed E-state index contributed by atoms with van der Waals surface area (Å²) < 4.78 is 12.6. The van der Waals surface area contributed by atoms with Gasteiger partial charge >= 0.3 is 0 Å². The van der Waals surface area contributed by atoms with Crippen LogP contribution >= 0.6 is 22.6 Å². The number of nitrogens with zero attached hydrogens (tertiary/aromatic N) is 1. The molecule has 2 aromatic rings. The summed E-state index contributed by atoms with van der Waals surface area (Å²) in [5.41, 5.74) is 4.84. The van der Waals surface area contributed by atoms with Gasteiger partial charge in [-0.1, -0.05) is 0 Å². The molecule has 0 saturated heterocycles. The highest BCUT2D eigenvalue weighted by Crippen LogP contribution is 2.61. The van der Waals surface area contributed by atoms with Crippen LogP contribution in [0.15, 0.2) is 47.6 Å². The number of rotatable bonds is 8. The van der Waals surface area contributed by atoms with Gasteiger partial charge in [0.25, 0.3) is 0 Å². The molecule has 174 valence electrons. The van der Waals surface area contributed by atoms with Gasteiger partial charge in [0.15, 0.2) is 0 Å². The lowest BCUT2D eigenvalue weighted by atomic mass is 9.49. The molecule has 0 heterocycles. The van der Waals surface area contributed by atoms with Gasteiger partial charge in [0.1, 0.15) is 18.1 Å². The number of hydrazone groups is 1. The monoisotopic (exact) mass is 558 g/mol. The van der Waals surface area contributed by atoms with E-state index in [0.29, 0.717) is 13.0 Å². The zero-order valence-electron chi connectivity index (χ0n) is 19.1. The first-order valence-electron chi connectivity index (χ1n) is 11.9. The maximum absolute atomic E-state index is 12.7. The van der Waals surface area contributed by atoms with Crippen molar-refractivity contribution in [1.82, 2.24) is 5.43 Å². The number of hydrogen-bond acceptors (Lipinski definition) is 4. The standard InChI is InChI=1S/C27H31IN2O3/c1-32-25-7-2-18(11-22(25)17-33-24-5-3-23(28)4-6-24)16-29-30-26(31)15-27-12-19-8-20(13-27)10-21(9-19)14-27/h2-7,11,16,19-21H,8-10,12-15,17H2,1H3,(H,30,31)/b29-16-. The molecule has 33 heavy (non-hydrogen) atoms. The van der Waals surface area contributed by atoms with Gasteiger partial charge in [-0.25, -0.2) is 5.43 Å². The molecule has 4 aliphatic carbocycles. The molecular weight excluding hydrogens is 527 g/mol. The minimum Gasteiger partial charge on any atom is -0.496 e. The number of hydrogen-bond donors (Lipinski definition) is 1. The quantitative estimate of drug-likeness (QED) is 0.248. The minimum atomic E-state index is 0.0454. The molecule has 6 heteroatoms. The second-order valence-corrected chi connectivity index (χ2v) is 11.4. The van der Waals surface area contributed by atoms with Gasteiger partial charge in [-0.15, -0.1) is 0 Å². The molecule has 0 spiro atoms. The third-order valence-electron chi connectivity index (χ3n) is 7.62. The fraction of sp³-hybridized carbons (Fsp3) is 0.481. The normalized spacial score (nSPS) is 27.6. The van der Waals surface area contributed by atoms with E-state index in [9.17, 15) is 4.79 Å². The van der Waals surface area contributed by atoms with E-state index >= 15 is 0 Å². The second-order valence-electron chi connectivity index (χ2n) is 10.2. The van der Waals surface area contributed by atoms with Crippen molar-refractivity contribution in [2.24, 2.45) is 28.3 Å². The Morgan fingerprint density at radius 2 is 1.76 bits per heavy atom. The zero-order valence-corrected chi connectivity index (χ0v) is 21.2. The Labute approximate surface area is 209 Å². The predicted molar refractivity (Wildman–Crippen MR) is 137 cm³/mol. The summed E-state index contributed by atoms with van der Waals surface area (Å²) in [5, 5.41) is 4.26. The third kappa shape index (κ3) is 5.36. The number of carbonyl (C=O) groups is 1. The van der Waals surface area contributed by atoms with E-state index in [1.165, 1.54) is 42.1 Å². The number of halogens is 1. The average Bonchev–Trinajstić information content (AvgIpc) is 2.77. The van der Waals surface area contributed by atoms with Gasteiger partial charge < -0.3 is 9.47 Å². The number of benzene rings is 2. The van der Waals surface area contributed by atoms with Crippen molar-refractivity contribution in [1.29, 1.82) is 0 Å². The Balaban J connectivity index is 1.18. The Morgan fingerprint density at radius 3 is 2.39 bits per heavy atom. The highest BCUT2D eigenvalue weighted by molar-refractivity contribution is 14.1. The smallest absolute Gasteiger partial charge is 0.240 e. The van der Waals surface area contributed by atoms with Crippen LogP contribution in [0.3, 0.4) is 0 Å². The Bertz CT molecular complexity index is 999. The molecule has 5 nitrogen and oxygen atoms in total. The van der Waals surface area contributed by atoms with Crippen LogP contribution < -0.4 is 14.9 Å². The van der Waals surface area contributed by atoms with Crippen LogP contribution in [0.25, 0.3) is 0 Å². The first-order chi connectivity index (χ1) is 16.0. The molecule has 6 rings (SSSR count). The van der Waals surface area contributed by atoms with Crippen LogP contribution in [0.4, 0.5) is 0 Å². The average molecular weight is 558 g/mol. The van der Waals surface area contributed by atoms with Gasteiger partial charge in [0, 0.05) is 15.6 Å². The summed E-state index contributed by atoms with van der Waals surface area (Å²) in [7, 11) is 1.65. The van der Waals surface area contributed by atoms with Gasteiger partial charge in [-0.2, -0.15) is 5.10 Å². The van der Waals surface area contributed by atoms with E-state index in [-0.39, 0.29) is 11.3 Å². The molecule has 2 aromatic carbocycles. The lowest BCUT2D eigenvalue weighted by molar-refractivity contribution is -0.129. The van der Waals surface area contributed by atoms with E-state index < -0.39 is 0 Å². The van der Waals surface area contributed by atoms with Gasteiger partial charge in [0.05, 0.1) is 13.3 Å². The summed E-state index contributed by atoms with van der Waals surface area (Å²) in [6.45, 7) is 0.393. The largest absolute Gasteiger partial charge is 0.496 e. The molecule has 0 unspecified atom stereocenters. The highest BCUT2D eigenvalue weighted by Gasteiger charge is 2.51. The topological polar surface area (TPSA) is 59.9 Å². The molecule has 0 radical (unpaired) electrons. The molecule has 1 N–H and O–H groups in total. The fourth-order valence-electron chi connectivity index (χ4n) is 6.75. The van der Waals surface area contributed by atoms with Gasteiger partial charge in [-0.05, 0) is 132 Å². The summed E-state index contributed by atoms with van der Waals surface area (Å²) in [6, 6.07) is 13.8. The maximum atomic E-state index is 12.7. The first kappa shape index (κ1) is 22.7. The maximum Gasteiger partial charge on any atom is 0.240 e. The predicted octanol–water partition coefficient (Wildman–Crippen LogP) is 5.94. The number of carbonyl (C=O) groups excluding carboxylic acids is 1. The van der Waals surface area contributed by atoms with E-state index in [1.807, 2.05) is 42.5 Å². The van der Waals surface area contributed by atoms with E-state index in [0.717, 1.165) is 40.4 Å². The first-order valence-corrected chi connectivity index (χ1v) is 13.0. The lowest BCUT2D eigenvalue weighted by Gasteiger charge is -2.56.